The number of hydrogen-bond donors (Lipinski definition) is 1. The zero-order chi connectivity index (χ0) is 14.0. The molecule has 0 amide bonds. The van der Waals surface area contributed by atoms with E-state index in [2.05, 4.69) is 15.9 Å². The van der Waals surface area contributed by atoms with Crippen molar-refractivity contribution in [3.63, 3.8) is 0 Å². The third kappa shape index (κ3) is 2.95. The molecule has 1 aliphatic carbocycles. The molecule has 0 heterocycles. The maximum atomic E-state index is 12.7. The molecule has 0 unspecified atom stereocenters. The zero-order valence-corrected chi connectivity index (χ0v) is 13.4. The molecule has 0 radical (unpaired) electrons. The molecule has 1 aromatic carbocycles. The van der Waals surface area contributed by atoms with Crippen LogP contribution >= 0.6 is 15.9 Å². The van der Waals surface area contributed by atoms with Gasteiger partial charge in [-0.2, -0.15) is 4.31 Å². The Morgan fingerprint density at radius 3 is 2.53 bits per heavy atom. The van der Waals surface area contributed by atoms with Gasteiger partial charge in [0.05, 0.1) is 4.90 Å². The Labute approximate surface area is 123 Å². The van der Waals surface area contributed by atoms with Crippen molar-refractivity contribution in [3.8, 4) is 0 Å². The minimum atomic E-state index is -3.44. The summed E-state index contributed by atoms with van der Waals surface area (Å²) in [4.78, 5) is 0.280. The molecule has 1 aromatic rings. The van der Waals surface area contributed by atoms with Crippen molar-refractivity contribution >= 4 is 31.6 Å². The van der Waals surface area contributed by atoms with Gasteiger partial charge in [-0.25, -0.2) is 8.42 Å². The summed E-state index contributed by atoms with van der Waals surface area (Å²) < 4.78 is 27.7. The quantitative estimate of drug-likeness (QED) is 0.852. The van der Waals surface area contributed by atoms with Crippen LogP contribution in [0.4, 0.5) is 5.69 Å². The van der Waals surface area contributed by atoms with Crippen molar-refractivity contribution in [1.29, 1.82) is 0 Å². The van der Waals surface area contributed by atoms with Crippen molar-refractivity contribution in [2.75, 3.05) is 12.3 Å². The van der Waals surface area contributed by atoms with E-state index in [1.165, 1.54) is 6.07 Å². The number of benzene rings is 1. The Hall–Kier alpha value is -0.590. The lowest BCUT2D eigenvalue weighted by molar-refractivity contribution is 0.335. The van der Waals surface area contributed by atoms with E-state index < -0.39 is 10.0 Å². The van der Waals surface area contributed by atoms with Gasteiger partial charge in [0.25, 0.3) is 0 Å². The number of rotatable bonds is 4. The molecule has 0 aromatic heterocycles. The minimum absolute atomic E-state index is 0.139. The van der Waals surface area contributed by atoms with Gasteiger partial charge in [0, 0.05) is 22.7 Å². The average Bonchev–Trinajstić information content (AvgIpc) is 2.86. The zero-order valence-electron chi connectivity index (χ0n) is 11.0. The van der Waals surface area contributed by atoms with Crippen LogP contribution < -0.4 is 5.73 Å². The molecule has 0 atom stereocenters. The van der Waals surface area contributed by atoms with Crippen molar-refractivity contribution < 1.29 is 8.42 Å². The van der Waals surface area contributed by atoms with Gasteiger partial charge < -0.3 is 5.73 Å². The summed E-state index contributed by atoms with van der Waals surface area (Å²) in [5, 5.41) is 0. The van der Waals surface area contributed by atoms with Gasteiger partial charge in [-0.15, -0.1) is 0 Å². The van der Waals surface area contributed by atoms with E-state index in [1.54, 1.807) is 16.4 Å². The van der Waals surface area contributed by atoms with Gasteiger partial charge in [-0.05, 0) is 47.0 Å². The number of nitrogens with two attached hydrogens (primary N) is 1. The second-order valence-electron chi connectivity index (χ2n) is 4.83. The molecule has 2 rings (SSSR count). The molecule has 1 saturated carbocycles. The normalized spacial score (nSPS) is 17.2. The second-order valence-corrected chi connectivity index (χ2v) is 7.57. The molecule has 2 N–H and O–H groups in total. The van der Waals surface area contributed by atoms with Crippen LogP contribution in [0.15, 0.2) is 27.6 Å². The number of nitrogens with zero attached hydrogens (tertiary/aromatic N) is 1. The number of sulfonamides is 1. The van der Waals surface area contributed by atoms with Crippen LogP contribution in [0.25, 0.3) is 0 Å². The summed E-state index contributed by atoms with van der Waals surface area (Å²) >= 11 is 3.28. The molecule has 0 spiro atoms. The van der Waals surface area contributed by atoms with Gasteiger partial charge >= 0.3 is 0 Å². The van der Waals surface area contributed by atoms with Gasteiger partial charge in [0.15, 0.2) is 0 Å². The third-order valence-electron chi connectivity index (χ3n) is 3.62. The Morgan fingerprint density at radius 2 is 2.00 bits per heavy atom. The van der Waals surface area contributed by atoms with Crippen molar-refractivity contribution in [1.82, 2.24) is 4.31 Å². The smallest absolute Gasteiger partial charge is 0.243 e. The van der Waals surface area contributed by atoms with Gasteiger partial charge in [-0.3, -0.25) is 0 Å². The first-order valence-corrected chi connectivity index (χ1v) is 8.77. The van der Waals surface area contributed by atoms with Crippen molar-refractivity contribution in [2.45, 2.75) is 43.5 Å². The topological polar surface area (TPSA) is 63.4 Å². The van der Waals surface area contributed by atoms with Crippen LogP contribution in [0.1, 0.15) is 32.6 Å². The predicted molar refractivity (Wildman–Crippen MR) is 80.4 cm³/mol. The van der Waals surface area contributed by atoms with E-state index in [1.807, 2.05) is 6.92 Å². The van der Waals surface area contributed by atoms with Gasteiger partial charge in [0.2, 0.25) is 10.0 Å². The Balaban J connectivity index is 2.36. The molecule has 1 aliphatic rings. The molecular weight excluding hydrogens is 328 g/mol. The first kappa shape index (κ1) is 14.8. The highest BCUT2D eigenvalue weighted by Gasteiger charge is 2.32. The maximum Gasteiger partial charge on any atom is 0.243 e. The predicted octanol–water partition coefficient (Wildman–Crippen LogP) is 2.98. The monoisotopic (exact) mass is 346 g/mol. The summed E-state index contributed by atoms with van der Waals surface area (Å²) in [6, 6.07) is 4.95. The van der Waals surface area contributed by atoms with E-state index in [0.717, 1.165) is 30.2 Å². The van der Waals surface area contributed by atoms with Gasteiger partial charge in [0.1, 0.15) is 0 Å². The van der Waals surface area contributed by atoms with E-state index in [9.17, 15) is 8.42 Å². The Morgan fingerprint density at radius 1 is 1.37 bits per heavy atom. The molecule has 1 fully saturated rings. The van der Waals surface area contributed by atoms with Crippen LogP contribution in [0.3, 0.4) is 0 Å². The summed E-state index contributed by atoms with van der Waals surface area (Å²) in [6.07, 6.45) is 4.14. The fourth-order valence-corrected chi connectivity index (χ4v) is 4.61. The summed E-state index contributed by atoms with van der Waals surface area (Å²) in [6.45, 7) is 2.39. The van der Waals surface area contributed by atoms with E-state index in [-0.39, 0.29) is 10.9 Å². The van der Waals surface area contributed by atoms with Crippen LogP contribution in [-0.2, 0) is 10.0 Å². The fourth-order valence-electron chi connectivity index (χ4n) is 2.63. The largest absolute Gasteiger partial charge is 0.398 e. The third-order valence-corrected chi connectivity index (χ3v) is 6.36. The molecule has 0 aliphatic heterocycles. The number of halogens is 1. The summed E-state index contributed by atoms with van der Waals surface area (Å²) in [7, 11) is -3.44. The summed E-state index contributed by atoms with van der Waals surface area (Å²) in [5.74, 6) is 0. The molecular formula is C13H19BrN2O2S. The lowest BCUT2D eigenvalue weighted by Gasteiger charge is -2.26. The number of hydrogen-bond acceptors (Lipinski definition) is 3. The summed E-state index contributed by atoms with van der Waals surface area (Å²) in [5.41, 5.74) is 6.23. The Bertz CT molecular complexity index is 554. The van der Waals surface area contributed by atoms with E-state index in [0.29, 0.717) is 12.2 Å². The highest BCUT2D eigenvalue weighted by atomic mass is 79.9. The fraction of sp³-hybridized carbons (Fsp3) is 0.538. The van der Waals surface area contributed by atoms with Crippen LogP contribution in [0.5, 0.6) is 0 Å². The number of nitrogen functional groups attached to an aromatic ring is 1. The lowest BCUT2D eigenvalue weighted by atomic mass is 10.2. The average molecular weight is 347 g/mol. The molecule has 19 heavy (non-hydrogen) atoms. The highest BCUT2D eigenvalue weighted by Crippen LogP contribution is 2.30. The molecule has 106 valence electrons. The van der Waals surface area contributed by atoms with E-state index in [4.69, 9.17) is 5.73 Å². The molecule has 4 nitrogen and oxygen atoms in total. The minimum Gasteiger partial charge on any atom is -0.398 e. The van der Waals surface area contributed by atoms with E-state index >= 15 is 0 Å². The molecule has 6 heteroatoms. The molecule has 0 bridgehead atoms. The first-order chi connectivity index (χ1) is 8.96. The van der Waals surface area contributed by atoms with Crippen molar-refractivity contribution in [2.24, 2.45) is 0 Å². The molecule has 0 saturated heterocycles. The maximum absolute atomic E-state index is 12.7. The SMILES string of the molecule is CCN(C1CCCC1)S(=O)(=O)c1ccc(Br)c(N)c1. The highest BCUT2D eigenvalue weighted by molar-refractivity contribution is 9.10. The van der Waals surface area contributed by atoms with Crippen LogP contribution in [0, 0.1) is 0 Å². The van der Waals surface area contributed by atoms with Crippen LogP contribution in [-0.4, -0.2) is 25.3 Å². The second kappa shape index (κ2) is 5.81. The standard InChI is InChI=1S/C13H19BrN2O2S/c1-2-16(10-5-3-4-6-10)19(17,18)11-7-8-12(14)13(15)9-11/h7-10H,2-6,15H2,1H3. The van der Waals surface area contributed by atoms with Gasteiger partial charge in [-0.1, -0.05) is 19.8 Å². The lowest BCUT2D eigenvalue weighted by Crippen LogP contribution is -2.38. The Kier molecular flexibility index (Phi) is 4.53. The van der Waals surface area contributed by atoms with Crippen molar-refractivity contribution in [3.05, 3.63) is 22.7 Å². The van der Waals surface area contributed by atoms with Crippen LogP contribution in [0.2, 0.25) is 0 Å². The first-order valence-electron chi connectivity index (χ1n) is 6.53. The number of anilines is 1.